The maximum atomic E-state index is 3.64. The predicted molar refractivity (Wildman–Crippen MR) is 40.4 cm³/mol. The molecular formula is C8H18Y33-2. The molecule has 0 atom stereocenters. The van der Waals surface area contributed by atoms with Crippen LogP contribution in [-0.4, -0.2) is 0 Å². The van der Waals surface area contributed by atoms with E-state index in [0.29, 0.717) is 11.8 Å². The van der Waals surface area contributed by atoms with Gasteiger partial charge in [-0.1, -0.05) is 27.7 Å². The summed E-state index contributed by atoms with van der Waals surface area (Å²) in [6.07, 6.45) is 0. The third-order valence-corrected chi connectivity index (χ3v) is 0. The van der Waals surface area contributed by atoms with Gasteiger partial charge >= 0.3 is 0 Å². The van der Waals surface area contributed by atoms with Crippen molar-refractivity contribution < 1.29 is 1080 Å². The molecule has 0 N–H and O–H groups in total. The molecule has 0 rings (SSSR count). The second-order valence-electron chi connectivity index (χ2n) is 2.79. The molecule has 0 saturated heterocycles. The molecule has 151 valence electrons. The van der Waals surface area contributed by atoms with Crippen LogP contribution in [0, 0.1) is 25.7 Å². The minimum absolute atomic E-state index is 0. The van der Waals surface area contributed by atoms with E-state index in [1.165, 1.54) is 0 Å². The Morgan fingerprint density at radius 3 is 0.171 bits per heavy atom. The first-order valence-electron chi connectivity index (χ1n) is 3.13. The first-order valence-corrected chi connectivity index (χ1v) is 3.13. The zero-order chi connectivity index (χ0) is 7.15. The van der Waals surface area contributed by atoms with E-state index in [1.807, 2.05) is 0 Å². The normalized spacial score (nSPS) is 1.76. The van der Waals surface area contributed by atoms with Crippen molar-refractivity contribution in [3.63, 3.8) is 0 Å². The van der Waals surface area contributed by atoms with E-state index in [-0.39, 0.29) is 1080 Å². The molecule has 0 heterocycles. The zero-order valence-corrected chi connectivity index (χ0v) is 119. The van der Waals surface area contributed by atoms with E-state index in [1.54, 1.807) is 0 Å². The van der Waals surface area contributed by atoms with Gasteiger partial charge in [0.25, 0.3) is 0 Å². The molecule has 33 heteroatoms. The van der Waals surface area contributed by atoms with Crippen molar-refractivity contribution in [2.24, 2.45) is 11.8 Å². The van der Waals surface area contributed by atoms with Gasteiger partial charge in [-0.3, -0.25) is 0 Å². The van der Waals surface area contributed by atoms with Gasteiger partial charge in [0, 0.05) is 1080 Å². The first kappa shape index (κ1) is 251. The second kappa shape index (κ2) is 242. The standard InChI is InChI=1S/2C4H9.33Y/c2*1-4(2)3;;;;;;;;;;;;;;;;;;;;;;;;;;;;;;;;;/h2*4H,1H2,2-3H3;;;;;;;;;;;;;;;;;;;;;;;;;;;;;;;;;/q2*-1;;;;;;;;;;;;;;;;;;;;;;;;;;;;;;;;;. The van der Waals surface area contributed by atoms with Crippen LogP contribution in [0.5, 0.6) is 0 Å². The summed E-state index contributed by atoms with van der Waals surface area (Å²) in [6, 6.07) is 0. The van der Waals surface area contributed by atoms with Gasteiger partial charge in [-0.25, -0.2) is 0 Å². The Morgan fingerprint density at radius 2 is 0.171 bits per heavy atom. The van der Waals surface area contributed by atoms with E-state index in [4.69, 9.17) is 0 Å². The number of rotatable bonds is 0. The Morgan fingerprint density at radius 1 is 0.171 bits per heavy atom. The Labute approximate surface area is 1090 Å². The fraction of sp³-hybridized carbons (Fsp3) is 0.750. The molecule has 0 aromatic heterocycles. The van der Waals surface area contributed by atoms with Crippen LogP contribution >= 0.6 is 0 Å². The van der Waals surface area contributed by atoms with Crippen LogP contribution in [0.25, 0.3) is 0 Å². The van der Waals surface area contributed by atoms with Gasteiger partial charge in [0.1, 0.15) is 0 Å². The van der Waals surface area contributed by atoms with Crippen LogP contribution in [0.1, 0.15) is 27.7 Å². The fourth-order valence-corrected chi connectivity index (χ4v) is 0. The molecule has 0 aliphatic carbocycles. The first-order chi connectivity index (χ1) is 3.46. The summed E-state index contributed by atoms with van der Waals surface area (Å²) < 4.78 is 0. The van der Waals surface area contributed by atoms with Crippen LogP contribution in [-0.2, 0) is 1080 Å². The molecule has 0 aliphatic heterocycles. The SMILES string of the molecule is [CH2-]C(C)C.[CH2-]C(C)C.[Y].[Y].[Y].[Y].[Y].[Y].[Y].[Y].[Y].[Y].[Y].[Y].[Y].[Y].[Y].[Y].[Y].[Y].[Y].[Y].[Y].[Y].[Y].[Y].[Y].[Y].[Y].[Y].[Y].[Y].[Y].[Y].[Y]. The average molecular weight is 3050 g/mol. The molecule has 0 spiro atoms. The van der Waals surface area contributed by atoms with Crippen LogP contribution in [0.3, 0.4) is 0 Å². The molecule has 0 unspecified atom stereocenters. The third kappa shape index (κ3) is 319. The summed E-state index contributed by atoms with van der Waals surface area (Å²) in [4.78, 5) is 0. The Balaban J connectivity index is -0.000000000295. The predicted octanol–water partition coefficient (Wildman–Crippen LogP) is 2.87. The molecule has 0 fully saturated rings. The van der Waals surface area contributed by atoms with Crippen molar-refractivity contribution in [2.45, 2.75) is 27.7 Å². The van der Waals surface area contributed by atoms with Gasteiger partial charge in [0.15, 0.2) is 0 Å². The summed E-state index contributed by atoms with van der Waals surface area (Å²) in [7, 11) is 0. The number of hydrogen-bond donors (Lipinski definition) is 0. The van der Waals surface area contributed by atoms with Crippen LogP contribution in [0.2, 0.25) is 0 Å². The quantitative estimate of drug-likeness (QED) is 0.328. The molecule has 0 nitrogen and oxygen atoms in total. The van der Waals surface area contributed by atoms with Gasteiger partial charge in [-0.15, -0.1) is 0 Å². The largest absolute Gasteiger partial charge is 0.341 e. The van der Waals surface area contributed by atoms with E-state index in [0.717, 1.165) is 0 Å². The molecule has 0 amide bonds. The van der Waals surface area contributed by atoms with Gasteiger partial charge in [-0.2, -0.15) is 11.8 Å². The Kier molecular flexibility index (Phi) is 1480. The van der Waals surface area contributed by atoms with Crippen LogP contribution in [0.4, 0.5) is 0 Å². The molecule has 0 aromatic carbocycles. The van der Waals surface area contributed by atoms with Crippen LogP contribution < -0.4 is 0 Å². The van der Waals surface area contributed by atoms with Gasteiger partial charge < -0.3 is 13.8 Å². The van der Waals surface area contributed by atoms with Crippen molar-refractivity contribution in [2.75, 3.05) is 0 Å². The molecule has 0 bridgehead atoms. The van der Waals surface area contributed by atoms with Gasteiger partial charge in [-0.05, 0) is 0 Å². The van der Waals surface area contributed by atoms with E-state index >= 15 is 0 Å². The number of hydrogen-bond acceptors (Lipinski definition) is 0. The maximum absolute atomic E-state index is 3.64. The minimum atomic E-state index is 0. The molecule has 0 saturated carbocycles. The summed E-state index contributed by atoms with van der Waals surface area (Å²) in [5, 5.41) is 0. The van der Waals surface area contributed by atoms with E-state index in [9.17, 15) is 0 Å². The molecule has 0 aliphatic rings. The molecule has 33 radical (unpaired) electrons. The molecular weight excluding hydrogens is 3030 g/mol. The van der Waals surface area contributed by atoms with E-state index < -0.39 is 0 Å². The fourth-order valence-electron chi connectivity index (χ4n) is 0. The smallest absolute Gasteiger partial charge is 0 e. The summed E-state index contributed by atoms with van der Waals surface area (Å²) in [5.41, 5.74) is 0. The van der Waals surface area contributed by atoms with Crippen molar-refractivity contribution in [3.05, 3.63) is 13.8 Å². The Hall–Kier alpha value is 36.4. The third-order valence-electron chi connectivity index (χ3n) is 0. The topological polar surface area (TPSA) is 0 Å². The minimum Gasteiger partial charge on any atom is -0.341 e. The van der Waals surface area contributed by atoms with Crippen molar-refractivity contribution in [1.29, 1.82) is 0 Å². The monoisotopic (exact) mass is 3050 g/mol. The molecule has 41 heavy (non-hydrogen) atoms. The van der Waals surface area contributed by atoms with Gasteiger partial charge in [0.05, 0.1) is 0 Å². The van der Waals surface area contributed by atoms with Gasteiger partial charge in [0.2, 0.25) is 0 Å². The average Bonchev–Trinajstić information content (AvgIpc) is 1.25. The van der Waals surface area contributed by atoms with Crippen molar-refractivity contribution >= 4 is 0 Å². The van der Waals surface area contributed by atoms with Crippen molar-refractivity contribution in [1.82, 2.24) is 0 Å². The summed E-state index contributed by atoms with van der Waals surface area (Å²) in [5.74, 6) is 1.17. The Bertz CT molecular complexity index is 44.7. The molecule has 0 aromatic rings. The summed E-state index contributed by atoms with van der Waals surface area (Å²) in [6.45, 7) is 15.5. The maximum Gasteiger partial charge on any atom is 0 e. The van der Waals surface area contributed by atoms with Crippen LogP contribution in [0.15, 0.2) is 0 Å². The van der Waals surface area contributed by atoms with Crippen molar-refractivity contribution in [3.8, 4) is 0 Å². The van der Waals surface area contributed by atoms with E-state index in [2.05, 4.69) is 41.5 Å². The second-order valence-corrected chi connectivity index (χ2v) is 2.79. The zero-order valence-electron chi connectivity index (χ0n) is 25.6. The summed E-state index contributed by atoms with van der Waals surface area (Å²) >= 11 is 0.